The molecule has 1 aromatic rings. The molecule has 0 saturated heterocycles. The Kier molecular flexibility index (Phi) is 4.30. The Bertz CT molecular complexity index is 478. The first-order valence-electron chi connectivity index (χ1n) is 6.69. The lowest BCUT2D eigenvalue weighted by atomic mass is 9.85. The topological polar surface area (TPSA) is 59.2 Å². The van der Waals surface area contributed by atoms with Gasteiger partial charge in [0.2, 0.25) is 0 Å². The fraction of sp³-hybridized carbons (Fsp3) is 0.571. The summed E-state index contributed by atoms with van der Waals surface area (Å²) in [6.07, 6.45) is 6.19. The number of rotatable bonds is 2. The number of hydrogen-bond acceptors (Lipinski definition) is 3. The highest BCUT2D eigenvalue weighted by Crippen LogP contribution is 2.28. The lowest BCUT2D eigenvalue weighted by Crippen LogP contribution is -2.42. The Balaban J connectivity index is 2.15. The molecule has 0 radical (unpaired) electrons. The van der Waals surface area contributed by atoms with Crippen LogP contribution in [0.4, 0.5) is 5.82 Å². The quantitative estimate of drug-likeness (QED) is 0.907. The van der Waals surface area contributed by atoms with E-state index in [1.807, 2.05) is 11.9 Å². The number of anilines is 1. The van der Waals surface area contributed by atoms with Gasteiger partial charge in [0, 0.05) is 19.3 Å². The zero-order valence-electron chi connectivity index (χ0n) is 11.4. The fourth-order valence-electron chi connectivity index (χ4n) is 2.79. The number of carbonyl (C=O) groups excluding carboxylic acids is 1. The summed E-state index contributed by atoms with van der Waals surface area (Å²) in [6, 6.07) is 1.90. The number of nitrogens with two attached hydrogens (primary N) is 1. The van der Waals surface area contributed by atoms with Crippen molar-refractivity contribution < 1.29 is 4.79 Å². The number of amides is 1. The summed E-state index contributed by atoms with van der Waals surface area (Å²) in [5, 5.41) is 0.330. The normalized spacial score (nSPS) is 23.1. The van der Waals surface area contributed by atoms with Crippen molar-refractivity contribution >= 4 is 23.3 Å². The van der Waals surface area contributed by atoms with E-state index in [2.05, 4.69) is 11.9 Å². The summed E-state index contributed by atoms with van der Waals surface area (Å²) in [5.74, 6) is 0.764. The maximum Gasteiger partial charge on any atom is 0.255 e. The summed E-state index contributed by atoms with van der Waals surface area (Å²) in [5.41, 5.74) is 6.06. The Hall–Kier alpha value is -1.29. The number of halogens is 1. The van der Waals surface area contributed by atoms with Gasteiger partial charge < -0.3 is 10.6 Å². The molecule has 1 fully saturated rings. The van der Waals surface area contributed by atoms with E-state index >= 15 is 0 Å². The lowest BCUT2D eigenvalue weighted by Gasteiger charge is -2.36. The van der Waals surface area contributed by atoms with Crippen molar-refractivity contribution in [3.63, 3.8) is 0 Å². The SMILES string of the molecule is CC1CCCCC1N(C)C(=O)c1cnc(N)c(Cl)c1. The first-order chi connectivity index (χ1) is 9.00. The summed E-state index contributed by atoms with van der Waals surface area (Å²) in [4.78, 5) is 18.2. The first kappa shape index (κ1) is 14.1. The molecule has 2 atom stereocenters. The van der Waals surface area contributed by atoms with Crippen molar-refractivity contribution in [2.45, 2.75) is 38.6 Å². The van der Waals surface area contributed by atoms with Crippen LogP contribution in [0.2, 0.25) is 5.02 Å². The number of pyridine rings is 1. The predicted molar refractivity (Wildman–Crippen MR) is 77.2 cm³/mol. The number of aromatic nitrogens is 1. The van der Waals surface area contributed by atoms with E-state index in [9.17, 15) is 4.79 Å². The monoisotopic (exact) mass is 281 g/mol. The van der Waals surface area contributed by atoms with Gasteiger partial charge in [-0.25, -0.2) is 4.98 Å². The van der Waals surface area contributed by atoms with E-state index in [1.165, 1.54) is 25.5 Å². The number of carbonyl (C=O) groups is 1. The van der Waals surface area contributed by atoms with Crippen molar-refractivity contribution in [2.24, 2.45) is 5.92 Å². The van der Waals surface area contributed by atoms with Crippen molar-refractivity contribution in [1.29, 1.82) is 0 Å². The van der Waals surface area contributed by atoms with Crippen molar-refractivity contribution in [3.05, 3.63) is 22.8 Å². The summed E-state index contributed by atoms with van der Waals surface area (Å²) in [6.45, 7) is 2.21. The third-order valence-electron chi connectivity index (χ3n) is 4.00. The van der Waals surface area contributed by atoms with Gasteiger partial charge in [0.1, 0.15) is 5.82 Å². The molecule has 2 rings (SSSR count). The predicted octanol–water partition coefficient (Wildman–Crippen LogP) is 2.97. The molecule has 1 amide bonds. The van der Waals surface area contributed by atoms with Crippen LogP contribution >= 0.6 is 11.6 Å². The van der Waals surface area contributed by atoms with Crippen molar-refractivity contribution in [1.82, 2.24) is 9.88 Å². The van der Waals surface area contributed by atoms with Crippen molar-refractivity contribution in [3.8, 4) is 0 Å². The van der Waals surface area contributed by atoms with E-state index in [0.717, 1.165) is 6.42 Å². The number of nitrogens with zero attached hydrogens (tertiary/aromatic N) is 2. The van der Waals surface area contributed by atoms with E-state index < -0.39 is 0 Å². The van der Waals surface area contributed by atoms with Crippen LogP contribution in [0.5, 0.6) is 0 Å². The van der Waals surface area contributed by atoms with Gasteiger partial charge in [-0.3, -0.25) is 4.79 Å². The van der Waals surface area contributed by atoms with Crippen LogP contribution in [-0.2, 0) is 0 Å². The number of nitrogen functional groups attached to an aromatic ring is 1. The second kappa shape index (κ2) is 5.78. The fourth-order valence-corrected chi connectivity index (χ4v) is 2.96. The van der Waals surface area contributed by atoms with Gasteiger partial charge >= 0.3 is 0 Å². The molecule has 0 spiro atoms. The first-order valence-corrected chi connectivity index (χ1v) is 7.06. The molecule has 0 aliphatic heterocycles. The van der Waals surface area contributed by atoms with Gasteiger partial charge in [0.25, 0.3) is 5.91 Å². The summed E-state index contributed by atoms with van der Waals surface area (Å²) >= 11 is 5.92. The third kappa shape index (κ3) is 3.00. The Labute approximate surface area is 118 Å². The molecule has 1 heterocycles. The highest BCUT2D eigenvalue weighted by Gasteiger charge is 2.28. The number of hydrogen-bond donors (Lipinski definition) is 1. The van der Waals surface area contributed by atoms with E-state index in [1.54, 1.807) is 6.07 Å². The lowest BCUT2D eigenvalue weighted by molar-refractivity contribution is 0.0628. The van der Waals surface area contributed by atoms with Gasteiger partial charge in [-0.05, 0) is 24.8 Å². The molecule has 104 valence electrons. The molecule has 5 heteroatoms. The van der Waals surface area contributed by atoms with E-state index in [0.29, 0.717) is 22.5 Å². The van der Waals surface area contributed by atoms with Crippen LogP contribution < -0.4 is 5.73 Å². The average molecular weight is 282 g/mol. The standard InChI is InChI=1S/C14H20ClN3O/c1-9-5-3-4-6-12(9)18(2)14(19)10-7-11(15)13(16)17-8-10/h7-9,12H,3-6H2,1-2H3,(H2,16,17). The Morgan fingerprint density at radius 1 is 1.47 bits per heavy atom. The molecule has 1 saturated carbocycles. The smallest absolute Gasteiger partial charge is 0.255 e. The molecular weight excluding hydrogens is 262 g/mol. The van der Waals surface area contributed by atoms with Crippen LogP contribution in [0.1, 0.15) is 43.0 Å². The van der Waals surface area contributed by atoms with Crippen molar-refractivity contribution in [2.75, 3.05) is 12.8 Å². The van der Waals surface area contributed by atoms with Crippen LogP contribution in [0.3, 0.4) is 0 Å². The molecule has 2 N–H and O–H groups in total. The molecular formula is C14H20ClN3O. The second-order valence-corrected chi connectivity index (χ2v) is 5.74. The van der Waals surface area contributed by atoms with Crippen LogP contribution in [-0.4, -0.2) is 28.9 Å². The molecule has 0 bridgehead atoms. The Morgan fingerprint density at radius 2 is 2.16 bits per heavy atom. The van der Waals surface area contributed by atoms with Crippen LogP contribution in [0, 0.1) is 5.92 Å². The van der Waals surface area contributed by atoms with Gasteiger partial charge in [0.05, 0.1) is 10.6 Å². The largest absolute Gasteiger partial charge is 0.382 e. The van der Waals surface area contributed by atoms with Gasteiger partial charge in [0.15, 0.2) is 0 Å². The van der Waals surface area contributed by atoms with Gasteiger partial charge in [-0.2, -0.15) is 0 Å². The zero-order chi connectivity index (χ0) is 14.0. The minimum atomic E-state index is -0.0341. The minimum absolute atomic E-state index is 0.0341. The van der Waals surface area contributed by atoms with E-state index in [4.69, 9.17) is 17.3 Å². The molecule has 1 aromatic heterocycles. The van der Waals surface area contributed by atoms with Gasteiger partial charge in [-0.15, -0.1) is 0 Å². The molecule has 1 aliphatic rings. The highest BCUT2D eigenvalue weighted by molar-refractivity contribution is 6.33. The summed E-state index contributed by atoms with van der Waals surface area (Å²) < 4.78 is 0. The average Bonchev–Trinajstić information content (AvgIpc) is 2.41. The maximum absolute atomic E-state index is 12.4. The molecule has 0 aromatic carbocycles. The van der Waals surface area contributed by atoms with Crippen LogP contribution in [0.15, 0.2) is 12.3 Å². The third-order valence-corrected chi connectivity index (χ3v) is 4.30. The maximum atomic E-state index is 12.4. The molecule has 2 unspecified atom stereocenters. The highest BCUT2D eigenvalue weighted by atomic mass is 35.5. The second-order valence-electron chi connectivity index (χ2n) is 5.34. The molecule has 19 heavy (non-hydrogen) atoms. The summed E-state index contributed by atoms with van der Waals surface area (Å²) in [7, 11) is 1.86. The van der Waals surface area contributed by atoms with Gasteiger partial charge in [-0.1, -0.05) is 31.4 Å². The zero-order valence-corrected chi connectivity index (χ0v) is 12.2. The molecule has 1 aliphatic carbocycles. The Morgan fingerprint density at radius 3 is 2.79 bits per heavy atom. The van der Waals surface area contributed by atoms with E-state index in [-0.39, 0.29) is 11.7 Å². The molecule has 4 nitrogen and oxygen atoms in total. The minimum Gasteiger partial charge on any atom is -0.382 e. The van der Waals surface area contributed by atoms with Crippen LogP contribution in [0.25, 0.3) is 0 Å².